The molecule has 5 nitrogen and oxygen atoms in total. The van der Waals surface area contributed by atoms with Crippen molar-refractivity contribution in [3.05, 3.63) is 53.6 Å². The van der Waals surface area contributed by atoms with Gasteiger partial charge in [0, 0.05) is 34.4 Å². The van der Waals surface area contributed by atoms with Gasteiger partial charge in [-0.1, -0.05) is 24.4 Å². The Morgan fingerprint density at radius 1 is 0.897 bits per heavy atom. The zero-order valence-corrected chi connectivity index (χ0v) is 18.1. The van der Waals surface area contributed by atoms with Gasteiger partial charge in [0.05, 0.1) is 5.25 Å². The molecule has 0 aliphatic carbocycles. The average molecular weight is 432 g/mol. The van der Waals surface area contributed by atoms with Gasteiger partial charge in [0.25, 0.3) is 0 Å². The first-order valence-electron chi connectivity index (χ1n) is 9.90. The quantitative estimate of drug-likeness (QED) is 0.582. The first kappa shape index (κ1) is 21.5. The number of hydrogen-bond donors (Lipinski definition) is 2. The van der Waals surface area contributed by atoms with Gasteiger partial charge < -0.3 is 15.5 Å². The molecule has 29 heavy (non-hydrogen) atoms. The van der Waals surface area contributed by atoms with Crippen molar-refractivity contribution >= 4 is 46.7 Å². The molecule has 0 spiro atoms. The summed E-state index contributed by atoms with van der Waals surface area (Å²) in [4.78, 5) is 27.7. The van der Waals surface area contributed by atoms with Crippen LogP contribution in [0.25, 0.3) is 0 Å². The zero-order valence-electron chi connectivity index (χ0n) is 16.5. The summed E-state index contributed by atoms with van der Waals surface area (Å²) in [5.74, 6) is -0.0775. The number of likely N-dealkylation sites (tertiary alicyclic amines) is 1. The van der Waals surface area contributed by atoms with Crippen LogP contribution in [0.3, 0.4) is 0 Å². The van der Waals surface area contributed by atoms with Crippen LogP contribution in [0.15, 0.2) is 53.4 Å². The number of anilines is 2. The highest BCUT2D eigenvalue weighted by Gasteiger charge is 2.16. The van der Waals surface area contributed by atoms with Gasteiger partial charge in [-0.15, -0.1) is 11.8 Å². The second kappa shape index (κ2) is 10.6. The number of carbonyl (C=O) groups excluding carboxylic acids is 2. The van der Waals surface area contributed by atoms with Crippen LogP contribution in [0.2, 0.25) is 5.02 Å². The van der Waals surface area contributed by atoms with E-state index < -0.39 is 0 Å². The predicted molar refractivity (Wildman–Crippen MR) is 121 cm³/mol. The fourth-order valence-electron chi connectivity index (χ4n) is 3.13. The van der Waals surface area contributed by atoms with E-state index in [1.54, 1.807) is 12.1 Å². The Morgan fingerprint density at radius 2 is 1.45 bits per heavy atom. The number of thioether (sulfide) groups is 1. The molecule has 3 rings (SSSR count). The number of benzene rings is 2. The van der Waals surface area contributed by atoms with E-state index in [1.165, 1.54) is 24.6 Å². The molecule has 0 radical (unpaired) electrons. The molecule has 3 amide bonds. The van der Waals surface area contributed by atoms with Gasteiger partial charge in [-0.05, 0) is 68.3 Å². The molecule has 1 aliphatic heterocycles. The molecule has 7 heteroatoms. The maximum Gasteiger partial charge on any atom is 0.321 e. The molecular formula is C22H26ClN3O2S. The first-order chi connectivity index (χ1) is 14.0. The van der Waals surface area contributed by atoms with Crippen molar-refractivity contribution in [2.24, 2.45) is 0 Å². The lowest BCUT2D eigenvalue weighted by Gasteiger charge is -2.21. The number of hydrogen-bond acceptors (Lipinski definition) is 3. The summed E-state index contributed by atoms with van der Waals surface area (Å²) in [6.45, 7) is 3.48. The summed E-state index contributed by atoms with van der Waals surface area (Å²) in [6, 6.07) is 14.6. The first-order valence-corrected chi connectivity index (χ1v) is 11.2. The van der Waals surface area contributed by atoms with E-state index in [2.05, 4.69) is 10.6 Å². The highest BCUT2D eigenvalue weighted by molar-refractivity contribution is 8.00. The molecule has 1 heterocycles. The molecule has 154 valence electrons. The Kier molecular flexibility index (Phi) is 7.83. The van der Waals surface area contributed by atoms with Crippen molar-refractivity contribution < 1.29 is 9.59 Å². The normalized spacial score (nSPS) is 15.3. The fourth-order valence-corrected chi connectivity index (χ4v) is 4.12. The van der Waals surface area contributed by atoms with Crippen LogP contribution in [0.4, 0.5) is 16.2 Å². The molecule has 2 aromatic carbocycles. The van der Waals surface area contributed by atoms with E-state index in [0.29, 0.717) is 10.7 Å². The summed E-state index contributed by atoms with van der Waals surface area (Å²) in [5.41, 5.74) is 1.42. The van der Waals surface area contributed by atoms with E-state index in [9.17, 15) is 9.59 Å². The van der Waals surface area contributed by atoms with E-state index >= 15 is 0 Å². The van der Waals surface area contributed by atoms with Crippen LogP contribution in [-0.4, -0.2) is 35.2 Å². The average Bonchev–Trinajstić information content (AvgIpc) is 3.01. The number of nitrogens with zero attached hydrogens (tertiary/aromatic N) is 1. The molecule has 1 saturated heterocycles. The number of halogens is 1. The van der Waals surface area contributed by atoms with Gasteiger partial charge in [-0.2, -0.15) is 0 Å². The van der Waals surface area contributed by atoms with E-state index in [4.69, 9.17) is 11.6 Å². The van der Waals surface area contributed by atoms with Gasteiger partial charge >= 0.3 is 6.03 Å². The Bertz CT molecular complexity index is 819. The fraction of sp³-hybridized carbons (Fsp3) is 0.364. The molecule has 0 saturated carbocycles. The molecule has 1 fully saturated rings. The third kappa shape index (κ3) is 6.68. The van der Waals surface area contributed by atoms with Gasteiger partial charge in [0.1, 0.15) is 0 Å². The van der Waals surface area contributed by atoms with Gasteiger partial charge in [-0.3, -0.25) is 4.79 Å². The Labute approximate surface area is 181 Å². The molecule has 0 bridgehead atoms. The topological polar surface area (TPSA) is 61.4 Å². The Balaban J connectivity index is 1.50. The third-order valence-corrected chi connectivity index (χ3v) is 6.16. The maximum absolute atomic E-state index is 12.5. The zero-order chi connectivity index (χ0) is 20.6. The number of urea groups is 1. The van der Waals surface area contributed by atoms with Crippen LogP contribution >= 0.6 is 23.4 Å². The van der Waals surface area contributed by atoms with Crippen molar-refractivity contribution in [1.29, 1.82) is 0 Å². The Morgan fingerprint density at radius 3 is 2.03 bits per heavy atom. The predicted octanol–water partition coefficient (Wildman–Crippen LogP) is 5.87. The molecule has 1 unspecified atom stereocenters. The van der Waals surface area contributed by atoms with Crippen molar-refractivity contribution in [2.45, 2.75) is 42.8 Å². The van der Waals surface area contributed by atoms with Gasteiger partial charge in [-0.25, -0.2) is 4.79 Å². The van der Waals surface area contributed by atoms with E-state index in [1.807, 2.05) is 48.2 Å². The van der Waals surface area contributed by atoms with Crippen molar-refractivity contribution in [3.8, 4) is 0 Å². The minimum atomic E-state index is -0.251. The second-order valence-electron chi connectivity index (χ2n) is 7.11. The largest absolute Gasteiger partial charge is 0.325 e. The summed E-state index contributed by atoms with van der Waals surface area (Å²) in [5, 5.41) is 6.28. The number of carbonyl (C=O) groups is 2. The summed E-state index contributed by atoms with van der Waals surface area (Å²) in [6.07, 6.45) is 4.50. The number of nitrogens with one attached hydrogen (secondary N) is 2. The molecule has 2 N–H and O–H groups in total. The standard InChI is InChI=1S/C22H26ClN3O2S/c1-16(29-20-12-6-17(23)7-13-20)21(27)24-18-8-10-19(11-9-18)25-22(28)26-14-4-2-3-5-15-26/h6-13,16H,2-5,14-15H2,1H3,(H,24,27)(H,25,28). The van der Waals surface area contributed by atoms with E-state index in [0.717, 1.165) is 36.5 Å². The summed E-state index contributed by atoms with van der Waals surface area (Å²) in [7, 11) is 0. The molecular weight excluding hydrogens is 406 g/mol. The highest BCUT2D eigenvalue weighted by Crippen LogP contribution is 2.26. The molecule has 0 aromatic heterocycles. The summed E-state index contributed by atoms with van der Waals surface area (Å²) >= 11 is 7.37. The monoisotopic (exact) mass is 431 g/mol. The van der Waals surface area contributed by atoms with Crippen LogP contribution in [-0.2, 0) is 4.79 Å². The third-order valence-electron chi connectivity index (χ3n) is 4.79. The van der Waals surface area contributed by atoms with Crippen molar-refractivity contribution in [1.82, 2.24) is 4.90 Å². The minimum Gasteiger partial charge on any atom is -0.325 e. The SMILES string of the molecule is CC(Sc1ccc(Cl)cc1)C(=O)Nc1ccc(NC(=O)N2CCCCCC2)cc1. The highest BCUT2D eigenvalue weighted by atomic mass is 35.5. The smallest absolute Gasteiger partial charge is 0.321 e. The maximum atomic E-state index is 12.5. The van der Waals surface area contributed by atoms with Crippen LogP contribution in [0.1, 0.15) is 32.6 Å². The lowest BCUT2D eigenvalue weighted by atomic mass is 10.2. The molecule has 2 aromatic rings. The van der Waals surface area contributed by atoms with Crippen LogP contribution < -0.4 is 10.6 Å². The molecule has 1 aliphatic rings. The second-order valence-corrected chi connectivity index (χ2v) is 8.96. The number of amides is 3. The van der Waals surface area contributed by atoms with Gasteiger partial charge in [0.2, 0.25) is 5.91 Å². The van der Waals surface area contributed by atoms with Crippen LogP contribution in [0, 0.1) is 0 Å². The van der Waals surface area contributed by atoms with E-state index in [-0.39, 0.29) is 17.2 Å². The molecule has 1 atom stereocenters. The van der Waals surface area contributed by atoms with Gasteiger partial charge in [0.15, 0.2) is 0 Å². The lowest BCUT2D eigenvalue weighted by molar-refractivity contribution is -0.115. The minimum absolute atomic E-state index is 0.0586. The lowest BCUT2D eigenvalue weighted by Crippen LogP contribution is -2.35. The van der Waals surface area contributed by atoms with Crippen LogP contribution in [0.5, 0.6) is 0 Å². The number of rotatable bonds is 5. The van der Waals surface area contributed by atoms with Crippen molar-refractivity contribution in [2.75, 3.05) is 23.7 Å². The summed E-state index contributed by atoms with van der Waals surface area (Å²) < 4.78 is 0. The Hall–Kier alpha value is -2.18. The van der Waals surface area contributed by atoms with Crippen molar-refractivity contribution in [3.63, 3.8) is 0 Å².